The zero-order valence-corrected chi connectivity index (χ0v) is 14.8. The van der Waals surface area contributed by atoms with E-state index < -0.39 is 0 Å². The molecule has 0 saturated carbocycles. The van der Waals surface area contributed by atoms with E-state index in [1.807, 2.05) is 43.3 Å². The molecule has 1 fully saturated rings. The number of thioether (sulfide) groups is 1. The Morgan fingerprint density at radius 3 is 2.61 bits per heavy atom. The van der Waals surface area contributed by atoms with Crippen molar-refractivity contribution in [2.24, 2.45) is 0 Å². The molecule has 2 aromatic rings. The Bertz CT molecular complexity index is 726. The summed E-state index contributed by atoms with van der Waals surface area (Å²) in [4.78, 5) is 14.6. The molecule has 0 bridgehead atoms. The fourth-order valence-corrected chi connectivity index (χ4v) is 4.11. The van der Waals surface area contributed by atoms with Gasteiger partial charge in [-0.25, -0.2) is 0 Å². The molecule has 1 amide bonds. The van der Waals surface area contributed by atoms with Crippen molar-refractivity contribution in [1.29, 1.82) is 0 Å². The molecular weight excluding hydrogens is 324 g/mol. The molecule has 1 atom stereocenters. The van der Waals surface area contributed by atoms with Crippen molar-refractivity contribution < 1.29 is 4.79 Å². The molecule has 3 nitrogen and oxygen atoms in total. The molecular formula is C18H20N2OS2. The first-order chi connectivity index (χ1) is 11.1. The maximum absolute atomic E-state index is 12.4. The van der Waals surface area contributed by atoms with Crippen LogP contribution in [-0.2, 0) is 4.79 Å². The van der Waals surface area contributed by atoms with Gasteiger partial charge >= 0.3 is 0 Å². The SMILES string of the molecule is C[C@@H](SC(=S)N1CCCC1)C(=O)Nc1ccc2ccccc2c1. The minimum Gasteiger partial charge on any atom is -0.358 e. The molecule has 0 unspecified atom stereocenters. The number of carbonyl (C=O) groups is 1. The molecule has 0 aliphatic carbocycles. The van der Waals surface area contributed by atoms with E-state index in [0.29, 0.717) is 0 Å². The predicted molar refractivity (Wildman–Crippen MR) is 103 cm³/mol. The standard InChI is InChI=1S/C18H20N2OS2/c1-13(23-18(22)20-10-4-5-11-20)17(21)19-16-9-8-14-6-2-3-7-15(14)12-16/h2-3,6-9,12-13H,4-5,10-11H2,1H3,(H,19,21)/t13-/m1/s1. The molecule has 0 radical (unpaired) electrons. The van der Waals surface area contributed by atoms with Crippen molar-refractivity contribution in [3.8, 4) is 0 Å². The average molecular weight is 345 g/mol. The number of nitrogens with one attached hydrogen (secondary N) is 1. The number of fused-ring (bicyclic) bond motifs is 1. The lowest BCUT2D eigenvalue weighted by atomic mass is 10.1. The number of thiocarbonyl (C=S) groups is 1. The van der Waals surface area contributed by atoms with Gasteiger partial charge in [0.15, 0.2) is 0 Å². The van der Waals surface area contributed by atoms with Crippen molar-refractivity contribution >= 4 is 50.7 Å². The second-order valence-corrected chi connectivity index (χ2v) is 7.75. The normalized spacial score (nSPS) is 15.6. The molecule has 1 heterocycles. The molecule has 1 N–H and O–H groups in total. The zero-order valence-electron chi connectivity index (χ0n) is 13.1. The molecule has 5 heteroatoms. The van der Waals surface area contributed by atoms with Crippen LogP contribution < -0.4 is 5.32 Å². The molecule has 1 aliphatic heterocycles. The number of likely N-dealkylation sites (tertiary alicyclic amines) is 1. The van der Waals surface area contributed by atoms with Crippen molar-refractivity contribution in [3.63, 3.8) is 0 Å². The first-order valence-electron chi connectivity index (χ1n) is 7.89. The highest BCUT2D eigenvalue weighted by Gasteiger charge is 2.21. The summed E-state index contributed by atoms with van der Waals surface area (Å²) in [6, 6.07) is 14.1. The quantitative estimate of drug-likeness (QED) is 0.842. The van der Waals surface area contributed by atoms with E-state index in [-0.39, 0.29) is 11.2 Å². The molecule has 0 spiro atoms. The van der Waals surface area contributed by atoms with Crippen LogP contribution in [0.4, 0.5) is 5.69 Å². The van der Waals surface area contributed by atoms with Gasteiger partial charge < -0.3 is 10.2 Å². The summed E-state index contributed by atoms with van der Waals surface area (Å²) in [6.45, 7) is 3.94. The highest BCUT2D eigenvalue weighted by Crippen LogP contribution is 2.23. The van der Waals surface area contributed by atoms with Gasteiger partial charge in [0.25, 0.3) is 0 Å². The van der Waals surface area contributed by atoms with Gasteiger partial charge in [-0.05, 0) is 42.7 Å². The lowest BCUT2D eigenvalue weighted by Gasteiger charge is -2.20. The third-order valence-corrected chi connectivity index (χ3v) is 5.60. The molecule has 1 saturated heterocycles. The molecule has 120 valence electrons. The van der Waals surface area contributed by atoms with Crippen LogP contribution in [0.25, 0.3) is 10.8 Å². The first-order valence-corrected chi connectivity index (χ1v) is 9.17. The molecule has 23 heavy (non-hydrogen) atoms. The van der Waals surface area contributed by atoms with Crippen LogP contribution in [0.2, 0.25) is 0 Å². The molecule has 3 rings (SSSR count). The van der Waals surface area contributed by atoms with E-state index in [9.17, 15) is 4.79 Å². The molecule has 2 aromatic carbocycles. The van der Waals surface area contributed by atoms with E-state index >= 15 is 0 Å². The third kappa shape index (κ3) is 4.03. The Morgan fingerprint density at radius 2 is 1.87 bits per heavy atom. The van der Waals surface area contributed by atoms with Crippen LogP contribution in [-0.4, -0.2) is 33.5 Å². The largest absolute Gasteiger partial charge is 0.358 e. The number of carbonyl (C=O) groups excluding carboxylic acids is 1. The molecule has 1 aliphatic rings. The fourth-order valence-electron chi connectivity index (χ4n) is 2.69. The monoisotopic (exact) mass is 344 g/mol. The summed E-state index contributed by atoms with van der Waals surface area (Å²) < 4.78 is 0.837. The lowest BCUT2D eigenvalue weighted by molar-refractivity contribution is -0.115. The fraction of sp³-hybridized carbons (Fsp3) is 0.333. The van der Waals surface area contributed by atoms with Crippen LogP contribution in [0, 0.1) is 0 Å². The van der Waals surface area contributed by atoms with Gasteiger partial charge in [0.2, 0.25) is 5.91 Å². The summed E-state index contributed by atoms with van der Waals surface area (Å²) >= 11 is 6.92. The van der Waals surface area contributed by atoms with Crippen LogP contribution >= 0.6 is 24.0 Å². The van der Waals surface area contributed by atoms with E-state index in [2.05, 4.69) is 16.3 Å². The van der Waals surface area contributed by atoms with Crippen LogP contribution in [0.1, 0.15) is 19.8 Å². The Morgan fingerprint density at radius 1 is 1.17 bits per heavy atom. The summed E-state index contributed by atoms with van der Waals surface area (Å²) in [6.07, 6.45) is 2.39. The number of anilines is 1. The third-order valence-electron chi connectivity index (χ3n) is 4.03. The van der Waals surface area contributed by atoms with Crippen LogP contribution in [0.5, 0.6) is 0 Å². The van der Waals surface area contributed by atoms with Gasteiger partial charge in [0, 0.05) is 18.8 Å². The van der Waals surface area contributed by atoms with Gasteiger partial charge in [-0.2, -0.15) is 0 Å². The smallest absolute Gasteiger partial charge is 0.237 e. The van der Waals surface area contributed by atoms with E-state index in [0.717, 1.165) is 28.5 Å². The zero-order chi connectivity index (χ0) is 16.2. The maximum Gasteiger partial charge on any atom is 0.237 e. The second-order valence-electron chi connectivity index (χ2n) is 5.77. The predicted octanol–water partition coefficient (Wildman–Crippen LogP) is 4.28. The Balaban J connectivity index is 1.61. The Hall–Kier alpha value is -1.59. The van der Waals surface area contributed by atoms with Gasteiger partial charge in [-0.3, -0.25) is 4.79 Å². The summed E-state index contributed by atoms with van der Waals surface area (Å²) in [5.74, 6) is -0.00757. The van der Waals surface area contributed by atoms with Gasteiger partial charge in [0.05, 0.1) is 5.25 Å². The van der Waals surface area contributed by atoms with Gasteiger partial charge in [-0.1, -0.05) is 54.3 Å². The first kappa shape index (κ1) is 16.3. The van der Waals surface area contributed by atoms with Crippen molar-refractivity contribution in [3.05, 3.63) is 42.5 Å². The highest BCUT2D eigenvalue weighted by molar-refractivity contribution is 8.23. The van der Waals surface area contributed by atoms with Crippen molar-refractivity contribution in [2.45, 2.75) is 25.0 Å². The summed E-state index contributed by atoms with van der Waals surface area (Å²) in [7, 11) is 0. The minimum atomic E-state index is -0.199. The number of benzene rings is 2. The Kier molecular flexibility index (Phi) is 5.18. The van der Waals surface area contributed by atoms with Crippen molar-refractivity contribution in [2.75, 3.05) is 18.4 Å². The topological polar surface area (TPSA) is 32.3 Å². The van der Waals surface area contributed by atoms with E-state index in [1.165, 1.54) is 30.0 Å². The minimum absolute atomic E-state index is 0.00757. The van der Waals surface area contributed by atoms with Crippen molar-refractivity contribution in [1.82, 2.24) is 4.90 Å². The highest BCUT2D eigenvalue weighted by atomic mass is 32.2. The Labute approximate surface area is 146 Å². The summed E-state index contributed by atoms with van der Waals surface area (Å²) in [5, 5.41) is 5.09. The second kappa shape index (κ2) is 7.32. The van der Waals surface area contributed by atoms with Crippen LogP contribution in [0.15, 0.2) is 42.5 Å². The average Bonchev–Trinajstić information content (AvgIpc) is 3.09. The molecule has 0 aromatic heterocycles. The number of nitrogens with zero attached hydrogens (tertiary/aromatic N) is 1. The maximum atomic E-state index is 12.4. The lowest BCUT2D eigenvalue weighted by Crippen LogP contribution is -2.29. The van der Waals surface area contributed by atoms with E-state index in [1.54, 1.807) is 0 Å². The van der Waals surface area contributed by atoms with Gasteiger partial charge in [-0.15, -0.1) is 0 Å². The number of rotatable bonds is 3. The number of amides is 1. The van der Waals surface area contributed by atoms with Crippen LogP contribution in [0.3, 0.4) is 0 Å². The van der Waals surface area contributed by atoms with Gasteiger partial charge in [0.1, 0.15) is 4.32 Å². The van der Waals surface area contributed by atoms with E-state index in [4.69, 9.17) is 12.2 Å². The number of hydrogen-bond donors (Lipinski definition) is 1. The number of hydrogen-bond acceptors (Lipinski definition) is 3. The summed E-state index contributed by atoms with van der Waals surface area (Å²) in [5.41, 5.74) is 0.827.